The summed E-state index contributed by atoms with van der Waals surface area (Å²) in [5.41, 5.74) is -2.59. The molecule has 2 aromatic rings. The number of aromatic hydroxyl groups is 1. The van der Waals surface area contributed by atoms with Crippen molar-refractivity contribution in [2.24, 2.45) is 21.7 Å². The van der Waals surface area contributed by atoms with Gasteiger partial charge in [0.1, 0.15) is 18.5 Å². The number of hydrogen-bond acceptors (Lipinski definition) is 13. The molecule has 0 saturated carbocycles. The second kappa shape index (κ2) is 18.2. The normalized spacial score (nSPS) is 21.5. The van der Waals surface area contributed by atoms with Crippen LogP contribution in [0.3, 0.4) is 0 Å². The van der Waals surface area contributed by atoms with Crippen LogP contribution in [0.5, 0.6) is 11.6 Å². The van der Waals surface area contributed by atoms with Gasteiger partial charge in [-0.2, -0.15) is 0 Å². The van der Waals surface area contributed by atoms with Gasteiger partial charge in [0, 0.05) is 36.3 Å². The summed E-state index contributed by atoms with van der Waals surface area (Å²) in [6.07, 6.45) is -7.79. The molecule has 1 aromatic carbocycles. The number of nitrogens with zero attached hydrogens (tertiary/aromatic N) is 2. The molecule has 2 heterocycles. The lowest BCUT2D eigenvalue weighted by atomic mass is 9.93. The summed E-state index contributed by atoms with van der Waals surface area (Å²) < 4.78 is 70.9. The highest BCUT2D eigenvalue weighted by molar-refractivity contribution is 5.78. The van der Waals surface area contributed by atoms with E-state index in [9.17, 15) is 29.4 Å². The summed E-state index contributed by atoms with van der Waals surface area (Å²) in [6.45, 7) is 15.6. The number of aryl methyl sites for hydroxylation is 2. The van der Waals surface area contributed by atoms with Crippen LogP contribution in [0.4, 0.5) is 0 Å². The van der Waals surface area contributed by atoms with Crippen molar-refractivity contribution in [3.63, 3.8) is 0 Å². The van der Waals surface area contributed by atoms with Crippen molar-refractivity contribution in [1.82, 2.24) is 9.78 Å². The van der Waals surface area contributed by atoms with Crippen LogP contribution in [0, 0.1) is 28.6 Å². The van der Waals surface area contributed by atoms with Gasteiger partial charge in [-0.1, -0.05) is 19.9 Å². The van der Waals surface area contributed by atoms with Gasteiger partial charge in [-0.15, -0.1) is 5.10 Å². The molecule has 0 aliphatic carbocycles. The molecule has 1 fully saturated rings. The van der Waals surface area contributed by atoms with Crippen LogP contribution >= 0.6 is 0 Å². The summed E-state index contributed by atoms with van der Waals surface area (Å²) in [5, 5.41) is 24.8. The molecule has 320 valence electrons. The molecule has 1 unspecified atom stereocenters. The number of carbonyl (C=O) groups is 4. The van der Waals surface area contributed by atoms with Crippen LogP contribution in [0.2, 0.25) is 0 Å². The molecule has 0 spiro atoms. The Kier molecular flexibility index (Phi) is 13.1. The molecule has 57 heavy (non-hydrogen) atoms. The average molecular weight is 807 g/mol. The third-order valence-electron chi connectivity index (χ3n) is 8.96. The molecule has 1 aliphatic heterocycles. The topological polar surface area (TPSA) is 182 Å². The van der Waals surface area contributed by atoms with E-state index in [0.29, 0.717) is 12.0 Å². The highest BCUT2D eigenvalue weighted by atomic mass is 16.7. The Hall–Kier alpha value is -4.17. The Morgan fingerprint density at radius 1 is 0.842 bits per heavy atom. The molecule has 2 N–H and O–H groups in total. The minimum Gasteiger partial charge on any atom is -0.508 e. The molecule has 14 heteroatoms. The number of rotatable bonds is 13. The molecule has 1 saturated heterocycles. The lowest BCUT2D eigenvalue weighted by molar-refractivity contribution is -0.294. The summed E-state index contributed by atoms with van der Waals surface area (Å²) in [6, 6.07) is 4.93. The lowest BCUT2D eigenvalue weighted by Crippen LogP contribution is -2.65. The number of hydrogen-bond donors (Lipinski definition) is 2. The molecule has 3 rings (SSSR count). The Labute approximate surface area is 343 Å². The summed E-state index contributed by atoms with van der Waals surface area (Å²) in [4.78, 5) is 55.0. The van der Waals surface area contributed by atoms with E-state index in [0.717, 1.165) is 16.8 Å². The number of aliphatic hydroxyl groups is 1. The predicted molar refractivity (Wildman–Crippen MR) is 211 cm³/mol. The van der Waals surface area contributed by atoms with Crippen molar-refractivity contribution in [2.45, 2.75) is 160 Å². The number of phenols is 1. The fraction of sp³-hybridized carbons (Fsp3) is 0.698. The Balaban J connectivity index is 2.39. The van der Waals surface area contributed by atoms with Gasteiger partial charge in [-0.25, -0.2) is 0 Å². The fourth-order valence-electron chi connectivity index (χ4n) is 5.68. The van der Waals surface area contributed by atoms with Crippen molar-refractivity contribution >= 4 is 23.9 Å². The summed E-state index contributed by atoms with van der Waals surface area (Å²) in [7, 11) is 0. The molecule has 1 aliphatic rings. The minimum atomic E-state index is -1.75. The highest BCUT2D eigenvalue weighted by Crippen LogP contribution is 2.38. The van der Waals surface area contributed by atoms with Gasteiger partial charge in [0.15, 0.2) is 12.2 Å². The SMILES string of the molecule is [2H]CC(C)(C)C(=O)OC[C@H]1OC(Oc2nn(CCCO)c(C(C)C)c2Cc2ccc(O)cc2C)[C@H](OC(=O)C(C)(C)C[2H])[C@@H](OC(=O)C(C)(C)C[2H])[C@@H]1OC(=O)C(C)(C)C[2H]. The number of benzene rings is 1. The smallest absolute Gasteiger partial charge is 0.311 e. The van der Waals surface area contributed by atoms with E-state index >= 15 is 0 Å². The Morgan fingerprint density at radius 2 is 1.37 bits per heavy atom. The molecule has 0 amide bonds. The Morgan fingerprint density at radius 3 is 1.88 bits per heavy atom. The van der Waals surface area contributed by atoms with E-state index in [1.54, 1.807) is 22.9 Å². The number of carbonyl (C=O) groups excluding carboxylic acids is 4. The van der Waals surface area contributed by atoms with E-state index in [2.05, 4.69) is 0 Å². The van der Waals surface area contributed by atoms with Gasteiger partial charge >= 0.3 is 23.9 Å². The summed E-state index contributed by atoms with van der Waals surface area (Å²) >= 11 is 0. The van der Waals surface area contributed by atoms with E-state index in [4.69, 9.17) is 39.0 Å². The molecule has 5 atom stereocenters. The number of aliphatic hydroxyl groups excluding tert-OH is 1. The zero-order valence-corrected chi connectivity index (χ0v) is 35.4. The van der Waals surface area contributed by atoms with Gasteiger partial charge < -0.3 is 38.6 Å². The third kappa shape index (κ3) is 12.4. The maximum absolute atomic E-state index is 14.0. The van der Waals surface area contributed by atoms with Crippen molar-refractivity contribution < 1.29 is 63.3 Å². The van der Waals surface area contributed by atoms with Crippen molar-refractivity contribution in [2.75, 3.05) is 13.2 Å². The van der Waals surface area contributed by atoms with E-state index < -0.39 is 104 Å². The number of esters is 4. The van der Waals surface area contributed by atoms with E-state index in [1.807, 2.05) is 20.8 Å². The predicted octanol–water partition coefficient (Wildman–Crippen LogP) is 6.56. The third-order valence-corrected chi connectivity index (χ3v) is 8.96. The maximum atomic E-state index is 14.0. The second-order valence-electron chi connectivity index (χ2n) is 17.8. The van der Waals surface area contributed by atoms with Crippen LogP contribution in [0.15, 0.2) is 18.2 Å². The molecular formula is C43H66N2O12. The number of ether oxygens (including phenoxy) is 6. The molecule has 14 nitrogen and oxygen atoms in total. The van der Waals surface area contributed by atoms with Crippen molar-refractivity contribution in [3.05, 3.63) is 40.6 Å². The van der Waals surface area contributed by atoms with Gasteiger partial charge in [0.05, 0.1) is 21.7 Å². The first-order chi connectivity index (χ1) is 28.3. The zero-order valence-electron chi connectivity index (χ0n) is 39.4. The maximum Gasteiger partial charge on any atom is 0.311 e. The van der Waals surface area contributed by atoms with Gasteiger partial charge in [-0.3, -0.25) is 23.9 Å². The quantitative estimate of drug-likeness (QED) is 0.164. The van der Waals surface area contributed by atoms with E-state index in [-0.39, 0.29) is 44.0 Å². The number of phenolic OH excluding ortho intramolecular Hbond substituents is 1. The van der Waals surface area contributed by atoms with Crippen LogP contribution in [-0.4, -0.2) is 87.8 Å². The highest BCUT2D eigenvalue weighted by Gasteiger charge is 2.56. The van der Waals surface area contributed by atoms with Crippen LogP contribution in [-0.2, 0) is 55.8 Å². The van der Waals surface area contributed by atoms with Gasteiger partial charge in [-0.05, 0) is 126 Å². The van der Waals surface area contributed by atoms with Gasteiger partial charge in [0.2, 0.25) is 18.3 Å². The van der Waals surface area contributed by atoms with Crippen molar-refractivity contribution in [3.8, 4) is 11.6 Å². The molecular weight excluding hydrogens is 736 g/mol. The zero-order chi connectivity index (χ0) is 46.2. The first-order valence-corrected chi connectivity index (χ1v) is 19.1. The van der Waals surface area contributed by atoms with E-state index in [1.165, 1.54) is 55.4 Å². The first-order valence-electron chi connectivity index (χ1n) is 21.9. The monoisotopic (exact) mass is 806 g/mol. The molecule has 0 bridgehead atoms. The number of aromatic nitrogens is 2. The van der Waals surface area contributed by atoms with Crippen LogP contribution < -0.4 is 4.74 Å². The summed E-state index contributed by atoms with van der Waals surface area (Å²) in [5.74, 6) is -3.61. The fourth-order valence-corrected chi connectivity index (χ4v) is 5.68. The second-order valence-corrected chi connectivity index (χ2v) is 17.8. The first kappa shape index (κ1) is 41.0. The minimum absolute atomic E-state index is 0.00773. The van der Waals surface area contributed by atoms with Crippen molar-refractivity contribution in [1.29, 1.82) is 0 Å². The molecule has 0 radical (unpaired) electrons. The Bertz CT molecular complexity index is 1850. The van der Waals surface area contributed by atoms with Crippen LogP contribution in [0.1, 0.15) is 137 Å². The standard InChI is InChI=1S/C43H66N2O12/c1-24(2)30-28(22-26-17-18-27(47)21-25(26)3)34(44-45(30)19-16-20-46)57-35-33(56-39(51)43(13,14)15)32(55-38(50)42(10,11)12)31(54-37(49)41(7,8)9)29(53-35)23-52-36(48)40(4,5)6/h17-18,21,24,29,31-33,35,46-47H,16,19-20,22-23H2,1-15H3/t29-,31-,32+,33-,35?/m1/s1/i4D,7D,10D,13D. The molecule has 1 aromatic heterocycles. The van der Waals surface area contributed by atoms with Gasteiger partial charge in [0.25, 0.3) is 0 Å². The van der Waals surface area contributed by atoms with Crippen LogP contribution in [0.25, 0.3) is 0 Å². The largest absolute Gasteiger partial charge is 0.508 e. The lowest BCUT2D eigenvalue weighted by Gasteiger charge is -2.45. The average Bonchev–Trinajstić information content (AvgIpc) is 3.54.